The van der Waals surface area contributed by atoms with E-state index in [1.807, 2.05) is 51.1 Å². The number of ether oxygens (including phenoxy) is 1. The normalized spacial score (nSPS) is 16.9. The van der Waals surface area contributed by atoms with Gasteiger partial charge < -0.3 is 15.0 Å². The Hall–Kier alpha value is -3.36. The van der Waals surface area contributed by atoms with Gasteiger partial charge in [-0.1, -0.05) is 24.3 Å². The first-order chi connectivity index (χ1) is 13.8. The number of amides is 1. The van der Waals surface area contributed by atoms with Crippen molar-refractivity contribution in [1.29, 1.82) is 0 Å². The summed E-state index contributed by atoms with van der Waals surface area (Å²) in [5.41, 5.74) is -0.338. The second kappa shape index (κ2) is 7.23. The standard InChI is InChI=1S/C20H24N6O3/c1-20(2,3)29-19(28)26-9-8-13(11-26)21-16-14-7-5-4-6-12(14)10-15(22-16)17-23-18(27)25-24-17/h4-7,10,13H,8-9,11H2,1-3H3,(H,21,22)(H2,23,24,25,27)/t13-/m0/s1. The molecule has 1 saturated heterocycles. The molecular weight excluding hydrogens is 372 g/mol. The molecular formula is C20H24N6O3. The van der Waals surface area contributed by atoms with Crippen molar-refractivity contribution in [2.24, 2.45) is 0 Å². The SMILES string of the molecule is CC(C)(C)OC(=O)N1CC[C@H](Nc2nc(-c3n[nH]c(=O)[nH]3)cc3ccccc23)C1. The molecule has 0 aliphatic carbocycles. The first-order valence-corrected chi connectivity index (χ1v) is 9.58. The highest BCUT2D eigenvalue weighted by molar-refractivity contribution is 5.94. The Kier molecular flexibility index (Phi) is 4.73. The molecule has 0 spiro atoms. The number of fused-ring (bicyclic) bond motifs is 1. The molecule has 152 valence electrons. The van der Waals surface area contributed by atoms with Crippen molar-refractivity contribution in [3.8, 4) is 11.5 Å². The smallest absolute Gasteiger partial charge is 0.410 e. The van der Waals surface area contributed by atoms with Crippen LogP contribution in [0, 0.1) is 0 Å². The quantitative estimate of drug-likeness (QED) is 0.627. The number of rotatable bonds is 3. The number of pyridine rings is 1. The third-order valence-electron chi connectivity index (χ3n) is 4.66. The van der Waals surface area contributed by atoms with E-state index in [9.17, 15) is 9.59 Å². The van der Waals surface area contributed by atoms with Gasteiger partial charge in [-0.25, -0.2) is 19.7 Å². The summed E-state index contributed by atoms with van der Waals surface area (Å²) < 4.78 is 5.47. The maximum atomic E-state index is 12.3. The first-order valence-electron chi connectivity index (χ1n) is 9.58. The minimum atomic E-state index is -0.519. The van der Waals surface area contributed by atoms with Gasteiger partial charge in [0.15, 0.2) is 5.82 Å². The lowest BCUT2D eigenvalue weighted by Crippen LogP contribution is -2.36. The molecule has 3 N–H and O–H groups in total. The van der Waals surface area contributed by atoms with E-state index < -0.39 is 5.60 Å². The summed E-state index contributed by atoms with van der Waals surface area (Å²) in [7, 11) is 0. The number of carbonyl (C=O) groups excluding carboxylic acids is 1. The summed E-state index contributed by atoms with van der Waals surface area (Å²) in [6, 6.07) is 9.80. The van der Waals surface area contributed by atoms with Crippen LogP contribution in [-0.2, 0) is 4.74 Å². The number of nitrogens with one attached hydrogen (secondary N) is 3. The van der Waals surface area contributed by atoms with Crippen LogP contribution in [0.15, 0.2) is 35.1 Å². The van der Waals surface area contributed by atoms with Crippen LogP contribution in [0.5, 0.6) is 0 Å². The average Bonchev–Trinajstić information content (AvgIpc) is 3.29. The fourth-order valence-electron chi connectivity index (χ4n) is 3.39. The predicted molar refractivity (Wildman–Crippen MR) is 110 cm³/mol. The summed E-state index contributed by atoms with van der Waals surface area (Å²) >= 11 is 0. The van der Waals surface area contributed by atoms with Crippen molar-refractivity contribution in [1.82, 2.24) is 25.1 Å². The number of nitrogens with zero attached hydrogens (tertiary/aromatic N) is 3. The second-order valence-electron chi connectivity index (χ2n) is 8.16. The second-order valence-corrected chi connectivity index (χ2v) is 8.16. The topological polar surface area (TPSA) is 116 Å². The van der Waals surface area contributed by atoms with E-state index in [1.165, 1.54) is 0 Å². The van der Waals surface area contributed by atoms with Crippen LogP contribution in [0.3, 0.4) is 0 Å². The lowest BCUT2D eigenvalue weighted by atomic mass is 10.1. The predicted octanol–water partition coefficient (Wildman–Crippen LogP) is 2.73. The summed E-state index contributed by atoms with van der Waals surface area (Å²) in [6.45, 7) is 6.73. The van der Waals surface area contributed by atoms with E-state index in [-0.39, 0.29) is 17.8 Å². The zero-order chi connectivity index (χ0) is 20.6. The minimum absolute atomic E-state index is 0.0481. The highest BCUT2D eigenvalue weighted by Gasteiger charge is 2.30. The van der Waals surface area contributed by atoms with Crippen LogP contribution >= 0.6 is 0 Å². The summed E-state index contributed by atoms with van der Waals surface area (Å²) in [4.78, 5) is 32.8. The van der Waals surface area contributed by atoms with Gasteiger partial charge in [-0.05, 0) is 38.6 Å². The maximum Gasteiger partial charge on any atom is 0.410 e. The van der Waals surface area contributed by atoms with E-state index in [1.54, 1.807) is 4.90 Å². The molecule has 0 radical (unpaired) electrons. The van der Waals surface area contributed by atoms with E-state index in [0.717, 1.165) is 17.2 Å². The molecule has 9 heteroatoms. The van der Waals surface area contributed by atoms with Crippen LogP contribution in [0.2, 0.25) is 0 Å². The molecule has 1 atom stereocenters. The molecule has 2 aromatic heterocycles. The fourth-order valence-corrected chi connectivity index (χ4v) is 3.39. The molecule has 0 unspecified atom stereocenters. The fraction of sp³-hybridized carbons (Fsp3) is 0.400. The minimum Gasteiger partial charge on any atom is -0.444 e. The molecule has 1 aromatic carbocycles. The molecule has 1 aliphatic heterocycles. The largest absolute Gasteiger partial charge is 0.444 e. The van der Waals surface area contributed by atoms with Crippen LogP contribution in [0.1, 0.15) is 27.2 Å². The van der Waals surface area contributed by atoms with Gasteiger partial charge in [0.1, 0.15) is 17.1 Å². The van der Waals surface area contributed by atoms with Crippen molar-refractivity contribution in [3.05, 3.63) is 40.8 Å². The van der Waals surface area contributed by atoms with Crippen LogP contribution in [0.25, 0.3) is 22.3 Å². The number of benzene rings is 1. The zero-order valence-corrected chi connectivity index (χ0v) is 16.7. The van der Waals surface area contributed by atoms with Gasteiger partial charge in [0.25, 0.3) is 0 Å². The molecule has 3 heterocycles. The Morgan fingerprint density at radius 2 is 2.10 bits per heavy atom. The number of anilines is 1. The molecule has 1 amide bonds. The summed E-state index contributed by atoms with van der Waals surface area (Å²) in [6.07, 6.45) is 0.487. The first kappa shape index (κ1) is 19.0. The van der Waals surface area contributed by atoms with Crippen LogP contribution in [-0.4, -0.2) is 55.9 Å². The average molecular weight is 396 g/mol. The van der Waals surface area contributed by atoms with Gasteiger partial charge in [0.05, 0.1) is 0 Å². The number of H-pyrrole nitrogens is 2. The lowest BCUT2D eigenvalue weighted by Gasteiger charge is -2.24. The number of hydrogen-bond acceptors (Lipinski definition) is 6. The van der Waals surface area contributed by atoms with Crippen LogP contribution < -0.4 is 11.0 Å². The van der Waals surface area contributed by atoms with Crippen molar-refractivity contribution in [2.45, 2.75) is 38.8 Å². The Morgan fingerprint density at radius 1 is 1.31 bits per heavy atom. The Labute approximate surface area is 167 Å². The Balaban J connectivity index is 1.58. The molecule has 0 bridgehead atoms. The molecule has 3 aromatic rings. The number of hydrogen-bond donors (Lipinski definition) is 3. The Bertz CT molecular complexity index is 1100. The van der Waals surface area contributed by atoms with E-state index >= 15 is 0 Å². The third-order valence-corrected chi connectivity index (χ3v) is 4.66. The molecule has 1 aliphatic rings. The third kappa shape index (κ3) is 4.23. The summed E-state index contributed by atoms with van der Waals surface area (Å²) in [5, 5.41) is 11.7. The van der Waals surface area contributed by atoms with E-state index in [4.69, 9.17) is 4.74 Å². The van der Waals surface area contributed by atoms with Crippen molar-refractivity contribution in [3.63, 3.8) is 0 Å². The maximum absolute atomic E-state index is 12.3. The summed E-state index contributed by atoms with van der Waals surface area (Å²) in [5.74, 6) is 1.07. The monoisotopic (exact) mass is 396 g/mol. The lowest BCUT2D eigenvalue weighted by molar-refractivity contribution is 0.0293. The van der Waals surface area contributed by atoms with Gasteiger partial charge >= 0.3 is 11.8 Å². The van der Waals surface area contributed by atoms with Crippen molar-refractivity contribution >= 4 is 22.7 Å². The van der Waals surface area contributed by atoms with Gasteiger partial charge in [-0.2, -0.15) is 5.10 Å². The molecule has 29 heavy (non-hydrogen) atoms. The van der Waals surface area contributed by atoms with E-state index in [0.29, 0.717) is 30.4 Å². The van der Waals surface area contributed by atoms with Crippen molar-refractivity contribution < 1.29 is 9.53 Å². The van der Waals surface area contributed by atoms with Crippen molar-refractivity contribution in [2.75, 3.05) is 18.4 Å². The van der Waals surface area contributed by atoms with Gasteiger partial charge in [-0.3, -0.25) is 4.98 Å². The number of carbonyl (C=O) groups is 1. The molecule has 9 nitrogen and oxygen atoms in total. The van der Waals surface area contributed by atoms with Gasteiger partial charge in [0.2, 0.25) is 0 Å². The number of aromatic amines is 2. The Morgan fingerprint density at radius 3 is 2.83 bits per heavy atom. The van der Waals surface area contributed by atoms with E-state index in [2.05, 4.69) is 25.5 Å². The molecule has 0 saturated carbocycles. The zero-order valence-electron chi connectivity index (χ0n) is 16.7. The highest BCUT2D eigenvalue weighted by Crippen LogP contribution is 2.28. The van der Waals surface area contributed by atoms with Gasteiger partial charge in [-0.15, -0.1) is 0 Å². The molecule has 1 fully saturated rings. The molecule has 4 rings (SSSR count). The van der Waals surface area contributed by atoms with Gasteiger partial charge in [0, 0.05) is 24.5 Å². The highest BCUT2D eigenvalue weighted by atomic mass is 16.6. The number of likely N-dealkylation sites (tertiary alicyclic amines) is 1. The number of aromatic nitrogens is 4. The van der Waals surface area contributed by atoms with Crippen LogP contribution in [0.4, 0.5) is 10.6 Å².